The summed E-state index contributed by atoms with van der Waals surface area (Å²) < 4.78 is 10.1. The lowest BCUT2D eigenvalue weighted by atomic mass is 10.3. The van der Waals surface area contributed by atoms with Crippen LogP contribution in [0.15, 0.2) is 10.9 Å². The van der Waals surface area contributed by atoms with Gasteiger partial charge in [0.25, 0.3) is 0 Å². The Morgan fingerprint density at radius 1 is 1.40 bits per heavy atom. The number of morpholine rings is 1. The van der Waals surface area contributed by atoms with Gasteiger partial charge >= 0.3 is 6.01 Å². The average molecular weight is 212 g/mol. The van der Waals surface area contributed by atoms with E-state index < -0.39 is 0 Å². The van der Waals surface area contributed by atoms with Gasteiger partial charge < -0.3 is 14.6 Å². The SMILES string of the molecule is c1noc(NCCCN2CCOCC2)n1. The molecule has 1 aromatic rings. The molecule has 0 spiro atoms. The van der Waals surface area contributed by atoms with Crippen LogP contribution in [0.5, 0.6) is 0 Å². The largest absolute Gasteiger partial charge is 0.379 e. The molecule has 0 aliphatic carbocycles. The lowest BCUT2D eigenvalue weighted by molar-refractivity contribution is 0.0378. The van der Waals surface area contributed by atoms with E-state index in [1.165, 1.54) is 6.33 Å². The number of hydrogen-bond donors (Lipinski definition) is 1. The standard InChI is InChI=1S/C9H16N4O2/c1(2-10-9-11-8-12-15-9)3-13-4-6-14-7-5-13/h8H,1-7H2,(H,10,11,12). The first-order chi connectivity index (χ1) is 7.45. The third-order valence-corrected chi connectivity index (χ3v) is 2.39. The van der Waals surface area contributed by atoms with Gasteiger partial charge in [0.15, 0.2) is 6.33 Å². The van der Waals surface area contributed by atoms with Gasteiger partial charge in [-0.1, -0.05) is 5.16 Å². The van der Waals surface area contributed by atoms with Crippen molar-refractivity contribution in [2.45, 2.75) is 6.42 Å². The summed E-state index contributed by atoms with van der Waals surface area (Å²) in [6, 6.07) is 0.497. The minimum Gasteiger partial charge on any atom is -0.379 e. The lowest BCUT2D eigenvalue weighted by Gasteiger charge is -2.26. The molecule has 1 saturated heterocycles. The number of nitrogens with zero attached hydrogens (tertiary/aromatic N) is 3. The third-order valence-electron chi connectivity index (χ3n) is 2.39. The monoisotopic (exact) mass is 212 g/mol. The summed E-state index contributed by atoms with van der Waals surface area (Å²) in [5, 5.41) is 6.58. The van der Waals surface area contributed by atoms with E-state index in [-0.39, 0.29) is 0 Å². The Balaban J connectivity index is 1.54. The molecule has 15 heavy (non-hydrogen) atoms. The first-order valence-corrected chi connectivity index (χ1v) is 5.26. The number of anilines is 1. The second-order valence-electron chi connectivity index (χ2n) is 3.48. The molecule has 1 N–H and O–H groups in total. The summed E-state index contributed by atoms with van der Waals surface area (Å²) in [6.45, 7) is 5.75. The Morgan fingerprint density at radius 3 is 3.00 bits per heavy atom. The number of ether oxygens (including phenoxy) is 1. The van der Waals surface area contributed by atoms with Crippen LogP contribution in [0.25, 0.3) is 0 Å². The predicted octanol–water partition coefficient (Wildman–Crippen LogP) is 0.204. The molecule has 0 bridgehead atoms. The summed E-state index contributed by atoms with van der Waals surface area (Å²) in [7, 11) is 0. The van der Waals surface area contributed by atoms with Gasteiger partial charge in [-0.3, -0.25) is 4.90 Å². The van der Waals surface area contributed by atoms with Crippen molar-refractivity contribution in [2.75, 3.05) is 44.7 Å². The van der Waals surface area contributed by atoms with Crippen LogP contribution in [0.1, 0.15) is 6.42 Å². The first-order valence-electron chi connectivity index (χ1n) is 5.26. The van der Waals surface area contributed by atoms with Crippen LogP contribution >= 0.6 is 0 Å². The van der Waals surface area contributed by atoms with Crippen LogP contribution < -0.4 is 5.32 Å². The number of aromatic nitrogens is 2. The van der Waals surface area contributed by atoms with Gasteiger partial charge in [-0.05, 0) is 13.0 Å². The van der Waals surface area contributed by atoms with Gasteiger partial charge in [-0.15, -0.1) is 0 Å². The highest BCUT2D eigenvalue weighted by atomic mass is 16.5. The minimum atomic E-state index is 0.497. The Morgan fingerprint density at radius 2 is 2.27 bits per heavy atom. The summed E-state index contributed by atoms with van der Waals surface area (Å²) in [6.07, 6.45) is 2.46. The van der Waals surface area contributed by atoms with Crippen LogP contribution in [0.2, 0.25) is 0 Å². The molecule has 0 atom stereocenters. The maximum absolute atomic E-state index is 5.27. The van der Waals surface area contributed by atoms with Crippen LogP contribution in [-0.4, -0.2) is 54.4 Å². The average Bonchev–Trinajstić information content (AvgIpc) is 2.79. The van der Waals surface area contributed by atoms with Crippen molar-refractivity contribution < 1.29 is 9.26 Å². The van der Waals surface area contributed by atoms with Crippen LogP contribution in [0.4, 0.5) is 6.01 Å². The summed E-state index contributed by atoms with van der Waals surface area (Å²) in [4.78, 5) is 6.28. The fraction of sp³-hybridized carbons (Fsp3) is 0.778. The van der Waals surface area contributed by atoms with Crippen LogP contribution in [0, 0.1) is 0 Å². The minimum absolute atomic E-state index is 0.497. The maximum Gasteiger partial charge on any atom is 0.321 e. The van der Waals surface area contributed by atoms with Gasteiger partial charge in [-0.2, -0.15) is 4.98 Å². The van der Waals surface area contributed by atoms with Crippen molar-refractivity contribution in [3.8, 4) is 0 Å². The predicted molar refractivity (Wildman–Crippen MR) is 54.7 cm³/mol. The van der Waals surface area contributed by atoms with Gasteiger partial charge in [-0.25, -0.2) is 0 Å². The number of hydrogen-bond acceptors (Lipinski definition) is 6. The molecule has 0 saturated carbocycles. The summed E-state index contributed by atoms with van der Waals surface area (Å²) in [5.41, 5.74) is 0. The molecule has 2 heterocycles. The van der Waals surface area contributed by atoms with Gasteiger partial charge in [0.2, 0.25) is 0 Å². The highest BCUT2D eigenvalue weighted by Gasteiger charge is 2.09. The Bertz CT molecular complexity index is 259. The normalized spacial score (nSPS) is 17.9. The van der Waals surface area contributed by atoms with E-state index in [1.54, 1.807) is 0 Å². The van der Waals surface area contributed by atoms with E-state index in [2.05, 4.69) is 20.4 Å². The zero-order chi connectivity index (χ0) is 10.3. The van der Waals surface area contributed by atoms with Crippen molar-refractivity contribution in [1.29, 1.82) is 0 Å². The van der Waals surface area contributed by atoms with E-state index in [4.69, 9.17) is 9.26 Å². The van der Waals surface area contributed by atoms with Crippen LogP contribution in [0.3, 0.4) is 0 Å². The fourth-order valence-electron chi connectivity index (χ4n) is 1.57. The zero-order valence-corrected chi connectivity index (χ0v) is 8.69. The molecule has 0 aromatic carbocycles. The second kappa shape index (κ2) is 5.67. The van der Waals surface area contributed by atoms with E-state index in [9.17, 15) is 0 Å². The quantitative estimate of drug-likeness (QED) is 0.704. The fourth-order valence-corrected chi connectivity index (χ4v) is 1.57. The molecule has 2 rings (SSSR count). The molecule has 84 valence electrons. The maximum atomic E-state index is 5.27. The number of nitrogens with one attached hydrogen (secondary N) is 1. The molecular formula is C9H16N4O2. The molecule has 1 fully saturated rings. The summed E-state index contributed by atoms with van der Waals surface area (Å²) in [5.74, 6) is 0. The van der Waals surface area contributed by atoms with Crippen molar-refractivity contribution >= 4 is 6.01 Å². The lowest BCUT2D eigenvalue weighted by Crippen LogP contribution is -2.37. The smallest absolute Gasteiger partial charge is 0.321 e. The highest BCUT2D eigenvalue weighted by Crippen LogP contribution is 2.00. The molecule has 0 radical (unpaired) electrons. The molecule has 1 aliphatic heterocycles. The molecular weight excluding hydrogens is 196 g/mol. The molecule has 0 amide bonds. The molecule has 1 aromatic heterocycles. The Labute approximate surface area is 88.6 Å². The van der Waals surface area contributed by atoms with Gasteiger partial charge in [0, 0.05) is 19.6 Å². The Hall–Kier alpha value is -1.14. The van der Waals surface area contributed by atoms with E-state index in [0.29, 0.717) is 6.01 Å². The molecule has 6 nitrogen and oxygen atoms in total. The Kier molecular flexibility index (Phi) is 3.92. The highest BCUT2D eigenvalue weighted by molar-refractivity contribution is 5.14. The van der Waals surface area contributed by atoms with Gasteiger partial charge in [0.1, 0.15) is 0 Å². The van der Waals surface area contributed by atoms with Crippen molar-refractivity contribution in [1.82, 2.24) is 15.0 Å². The van der Waals surface area contributed by atoms with Crippen molar-refractivity contribution in [2.24, 2.45) is 0 Å². The number of rotatable bonds is 5. The van der Waals surface area contributed by atoms with E-state index in [1.807, 2.05) is 0 Å². The zero-order valence-electron chi connectivity index (χ0n) is 8.69. The third kappa shape index (κ3) is 3.49. The van der Waals surface area contributed by atoms with Crippen LogP contribution in [-0.2, 0) is 4.74 Å². The molecule has 1 aliphatic rings. The van der Waals surface area contributed by atoms with E-state index in [0.717, 1.165) is 45.8 Å². The first kappa shape index (κ1) is 10.4. The van der Waals surface area contributed by atoms with Crippen molar-refractivity contribution in [3.63, 3.8) is 0 Å². The summed E-state index contributed by atoms with van der Waals surface area (Å²) >= 11 is 0. The molecule has 0 unspecified atom stereocenters. The molecule has 6 heteroatoms. The van der Waals surface area contributed by atoms with E-state index >= 15 is 0 Å². The van der Waals surface area contributed by atoms with Crippen molar-refractivity contribution in [3.05, 3.63) is 6.33 Å². The topological polar surface area (TPSA) is 63.4 Å². The second-order valence-corrected chi connectivity index (χ2v) is 3.48. The van der Waals surface area contributed by atoms with Gasteiger partial charge in [0.05, 0.1) is 13.2 Å².